The number of carbonyl (C=O) groups excluding carboxylic acids is 2. The number of ether oxygens (including phenoxy) is 1. The van der Waals surface area contributed by atoms with Crippen LogP contribution in [0.15, 0.2) is 47.8 Å². The molecule has 28 heavy (non-hydrogen) atoms. The number of benzene rings is 2. The maximum Gasteiger partial charge on any atom is 0.264 e. The van der Waals surface area contributed by atoms with Crippen LogP contribution in [0.2, 0.25) is 0 Å². The van der Waals surface area contributed by atoms with Crippen molar-refractivity contribution in [2.75, 3.05) is 11.9 Å². The molecule has 0 saturated carbocycles. The number of amides is 1. The number of thiazole rings is 1. The molecule has 144 valence electrons. The van der Waals surface area contributed by atoms with Crippen molar-refractivity contribution in [2.45, 2.75) is 13.3 Å². The molecule has 0 spiro atoms. The average Bonchev–Trinajstić information content (AvgIpc) is 3.16. The Hall–Kier alpha value is -3.13. The highest BCUT2D eigenvalue weighted by molar-refractivity contribution is 7.14. The number of Topliss-reactive ketones (excluding diaryl/α,β-unsaturated/α-hetero) is 1. The molecule has 0 saturated heterocycles. The molecule has 5 nitrogen and oxygen atoms in total. The number of carbonyl (C=O) groups is 2. The van der Waals surface area contributed by atoms with Gasteiger partial charge in [-0.2, -0.15) is 0 Å². The van der Waals surface area contributed by atoms with Gasteiger partial charge >= 0.3 is 0 Å². The monoisotopic (exact) mass is 402 g/mol. The number of aromatic nitrogens is 1. The van der Waals surface area contributed by atoms with Crippen LogP contribution in [0.5, 0.6) is 5.75 Å². The first-order chi connectivity index (χ1) is 13.5. The molecule has 0 aliphatic carbocycles. The summed E-state index contributed by atoms with van der Waals surface area (Å²) in [7, 11) is 0. The smallest absolute Gasteiger partial charge is 0.264 e. The highest BCUT2D eigenvalue weighted by Crippen LogP contribution is 2.26. The SMILES string of the molecule is CCC(=O)c1ccc(OCC(=O)Nc2nc(-c3ccc(F)c(F)c3)cs2)cc1. The highest BCUT2D eigenvalue weighted by Gasteiger charge is 2.11. The van der Waals surface area contributed by atoms with Gasteiger partial charge in [0.1, 0.15) is 5.75 Å². The normalized spacial score (nSPS) is 10.5. The van der Waals surface area contributed by atoms with Crippen LogP contribution in [0.4, 0.5) is 13.9 Å². The molecule has 1 amide bonds. The zero-order valence-corrected chi connectivity index (χ0v) is 15.7. The third-order valence-corrected chi connectivity index (χ3v) is 4.59. The van der Waals surface area contributed by atoms with Gasteiger partial charge in [0.05, 0.1) is 5.69 Å². The van der Waals surface area contributed by atoms with Crippen molar-refractivity contribution in [1.29, 1.82) is 0 Å². The van der Waals surface area contributed by atoms with Crippen molar-refractivity contribution in [3.63, 3.8) is 0 Å². The molecule has 1 aromatic heterocycles. The van der Waals surface area contributed by atoms with Crippen molar-refractivity contribution in [2.24, 2.45) is 0 Å². The summed E-state index contributed by atoms with van der Waals surface area (Å²) in [5.74, 6) is -1.82. The molecule has 0 bridgehead atoms. The van der Waals surface area contributed by atoms with E-state index in [-0.39, 0.29) is 12.4 Å². The Labute approximate surface area is 164 Å². The Morgan fingerprint density at radius 1 is 1.11 bits per heavy atom. The van der Waals surface area contributed by atoms with Crippen LogP contribution in [0.25, 0.3) is 11.3 Å². The Balaban J connectivity index is 1.56. The van der Waals surface area contributed by atoms with E-state index < -0.39 is 17.5 Å². The lowest BCUT2D eigenvalue weighted by Crippen LogP contribution is -2.20. The molecule has 2 aromatic carbocycles. The number of nitrogens with zero attached hydrogens (tertiary/aromatic N) is 1. The number of rotatable bonds is 7. The van der Waals surface area contributed by atoms with Crippen LogP contribution in [-0.4, -0.2) is 23.3 Å². The van der Waals surface area contributed by atoms with Crippen LogP contribution in [0, 0.1) is 11.6 Å². The second-order valence-electron chi connectivity index (χ2n) is 5.80. The number of hydrogen-bond donors (Lipinski definition) is 1. The third kappa shape index (κ3) is 4.77. The molecule has 0 radical (unpaired) electrons. The first kappa shape index (κ1) is 19.6. The second-order valence-corrected chi connectivity index (χ2v) is 6.66. The van der Waals surface area contributed by atoms with E-state index >= 15 is 0 Å². The van der Waals surface area contributed by atoms with Crippen molar-refractivity contribution in [1.82, 2.24) is 4.98 Å². The van der Waals surface area contributed by atoms with Crippen molar-refractivity contribution in [3.8, 4) is 17.0 Å². The number of halogens is 2. The number of anilines is 1. The Morgan fingerprint density at radius 3 is 2.54 bits per heavy atom. The molecular weight excluding hydrogens is 386 g/mol. The Morgan fingerprint density at radius 2 is 1.86 bits per heavy atom. The van der Waals surface area contributed by atoms with Gasteiger partial charge in [0, 0.05) is 22.9 Å². The minimum absolute atomic E-state index is 0.0323. The molecule has 0 unspecified atom stereocenters. The molecular formula is C20H16F2N2O3S. The van der Waals surface area contributed by atoms with Crippen LogP contribution in [-0.2, 0) is 4.79 Å². The predicted octanol–water partition coefficient (Wildman–Crippen LogP) is 4.70. The molecule has 1 heterocycles. The highest BCUT2D eigenvalue weighted by atomic mass is 32.1. The average molecular weight is 402 g/mol. The van der Waals surface area contributed by atoms with E-state index in [1.807, 2.05) is 0 Å². The summed E-state index contributed by atoms with van der Waals surface area (Å²) in [4.78, 5) is 27.8. The van der Waals surface area contributed by atoms with Crippen molar-refractivity contribution < 1.29 is 23.1 Å². The van der Waals surface area contributed by atoms with Gasteiger partial charge in [-0.1, -0.05) is 6.92 Å². The molecule has 0 atom stereocenters. The summed E-state index contributed by atoms with van der Waals surface area (Å²) in [5.41, 5.74) is 1.43. The molecule has 3 rings (SSSR count). The first-order valence-electron chi connectivity index (χ1n) is 8.43. The minimum Gasteiger partial charge on any atom is -0.484 e. The molecule has 1 N–H and O–H groups in total. The van der Waals surface area contributed by atoms with Crippen molar-refractivity contribution >= 4 is 28.2 Å². The third-order valence-electron chi connectivity index (χ3n) is 3.83. The summed E-state index contributed by atoms with van der Waals surface area (Å²) < 4.78 is 31.7. The van der Waals surface area contributed by atoms with Gasteiger partial charge in [-0.15, -0.1) is 11.3 Å². The number of nitrogens with one attached hydrogen (secondary N) is 1. The fraction of sp³-hybridized carbons (Fsp3) is 0.150. The van der Waals surface area contributed by atoms with E-state index in [9.17, 15) is 18.4 Å². The van der Waals surface area contributed by atoms with E-state index in [2.05, 4.69) is 10.3 Å². The fourth-order valence-corrected chi connectivity index (χ4v) is 3.10. The van der Waals surface area contributed by atoms with Crippen LogP contribution >= 0.6 is 11.3 Å². The zero-order valence-electron chi connectivity index (χ0n) is 14.9. The topological polar surface area (TPSA) is 68.3 Å². The van der Waals surface area contributed by atoms with Gasteiger partial charge in [-0.3, -0.25) is 14.9 Å². The zero-order chi connectivity index (χ0) is 20.1. The molecule has 3 aromatic rings. The van der Waals surface area contributed by atoms with E-state index in [1.54, 1.807) is 36.6 Å². The maximum atomic E-state index is 13.3. The fourth-order valence-electron chi connectivity index (χ4n) is 2.36. The maximum absolute atomic E-state index is 13.3. The quantitative estimate of drug-likeness (QED) is 0.582. The van der Waals surface area contributed by atoms with E-state index in [0.29, 0.717) is 34.1 Å². The van der Waals surface area contributed by atoms with E-state index in [4.69, 9.17) is 4.74 Å². The van der Waals surface area contributed by atoms with E-state index in [0.717, 1.165) is 23.5 Å². The van der Waals surface area contributed by atoms with Gasteiger partial charge in [-0.25, -0.2) is 13.8 Å². The lowest BCUT2D eigenvalue weighted by atomic mass is 10.1. The lowest BCUT2D eigenvalue weighted by Gasteiger charge is -2.06. The van der Waals surface area contributed by atoms with E-state index in [1.165, 1.54) is 6.07 Å². The van der Waals surface area contributed by atoms with Crippen LogP contribution in [0.3, 0.4) is 0 Å². The molecule has 0 fully saturated rings. The van der Waals surface area contributed by atoms with Gasteiger partial charge in [0.25, 0.3) is 5.91 Å². The molecule has 0 aliphatic heterocycles. The summed E-state index contributed by atoms with van der Waals surface area (Å²) in [6, 6.07) is 10.0. The van der Waals surface area contributed by atoms with Crippen molar-refractivity contribution in [3.05, 3.63) is 65.0 Å². The number of hydrogen-bond acceptors (Lipinski definition) is 5. The standard InChI is InChI=1S/C20H16F2N2O3S/c1-2-18(25)12-3-6-14(7-4-12)27-10-19(26)24-20-23-17(11-28-20)13-5-8-15(21)16(22)9-13/h3-9,11H,2,10H2,1H3,(H,23,24,26). The first-order valence-corrected chi connectivity index (χ1v) is 9.31. The summed E-state index contributed by atoms with van der Waals surface area (Å²) >= 11 is 1.16. The molecule has 8 heteroatoms. The predicted molar refractivity (Wildman–Crippen MR) is 103 cm³/mol. The van der Waals surface area contributed by atoms with Gasteiger partial charge in [0.15, 0.2) is 29.2 Å². The van der Waals surface area contributed by atoms with Gasteiger partial charge in [-0.05, 0) is 42.5 Å². The largest absolute Gasteiger partial charge is 0.484 e. The van der Waals surface area contributed by atoms with Crippen LogP contribution in [0.1, 0.15) is 23.7 Å². The minimum atomic E-state index is -0.962. The summed E-state index contributed by atoms with van der Waals surface area (Å²) in [6.07, 6.45) is 0.420. The second kappa shape index (κ2) is 8.71. The Bertz CT molecular complexity index is 1000. The van der Waals surface area contributed by atoms with Gasteiger partial charge < -0.3 is 4.74 Å². The van der Waals surface area contributed by atoms with Gasteiger partial charge in [0.2, 0.25) is 0 Å². The molecule has 0 aliphatic rings. The number of ketones is 1. The summed E-state index contributed by atoms with van der Waals surface area (Å²) in [5, 5.41) is 4.54. The Kier molecular flexibility index (Phi) is 6.10. The lowest BCUT2D eigenvalue weighted by molar-refractivity contribution is -0.118. The summed E-state index contributed by atoms with van der Waals surface area (Å²) in [6.45, 7) is 1.55. The van der Waals surface area contributed by atoms with Crippen LogP contribution < -0.4 is 10.1 Å².